The van der Waals surface area contributed by atoms with Crippen molar-refractivity contribution in [3.8, 4) is 0 Å². The molecule has 0 amide bonds. The summed E-state index contributed by atoms with van der Waals surface area (Å²) in [4.78, 5) is 2.61. The van der Waals surface area contributed by atoms with Crippen LogP contribution in [0.3, 0.4) is 0 Å². The van der Waals surface area contributed by atoms with Gasteiger partial charge >= 0.3 is 0 Å². The zero-order valence-corrected chi connectivity index (χ0v) is 16.3. The second-order valence-electron chi connectivity index (χ2n) is 7.20. The molecule has 0 unspecified atom stereocenters. The molecule has 0 bridgehead atoms. The second kappa shape index (κ2) is 7.87. The Labute approximate surface area is 165 Å². The lowest BCUT2D eigenvalue weighted by atomic mass is 9.89. The van der Waals surface area contributed by atoms with E-state index in [-0.39, 0.29) is 5.54 Å². The number of hydrogen-bond donors (Lipinski definition) is 1. The summed E-state index contributed by atoms with van der Waals surface area (Å²) in [6.07, 6.45) is 2.23. The zero-order valence-electron chi connectivity index (χ0n) is 14.8. The molecule has 3 nitrogen and oxygen atoms in total. The van der Waals surface area contributed by atoms with E-state index >= 15 is 0 Å². The molecule has 0 radical (unpaired) electrons. The number of benzene rings is 2. The summed E-state index contributed by atoms with van der Waals surface area (Å²) in [5.41, 5.74) is 3.89. The molecular formula is C21H24Cl2N2O. The van der Waals surface area contributed by atoms with Gasteiger partial charge in [0.25, 0.3) is 0 Å². The maximum absolute atomic E-state index is 6.25. The summed E-state index contributed by atoms with van der Waals surface area (Å²) in [5, 5.41) is 4.77. The Morgan fingerprint density at radius 2 is 1.77 bits per heavy atom. The number of nitrogens with zero attached hydrogens (tertiary/aromatic N) is 1. The minimum Gasteiger partial charge on any atom is -0.374 e. The number of aryl methyl sites for hydroxylation is 1. The van der Waals surface area contributed by atoms with Crippen LogP contribution in [-0.2, 0) is 23.3 Å². The van der Waals surface area contributed by atoms with Crippen molar-refractivity contribution in [3.63, 3.8) is 0 Å². The van der Waals surface area contributed by atoms with Gasteiger partial charge in [0.2, 0.25) is 0 Å². The third-order valence-corrected chi connectivity index (χ3v) is 6.02. The fourth-order valence-electron chi connectivity index (χ4n) is 4.36. The highest BCUT2D eigenvalue weighted by molar-refractivity contribution is 6.34. The molecule has 0 saturated carbocycles. The van der Waals surface area contributed by atoms with Crippen molar-refractivity contribution in [3.05, 3.63) is 69.2 Å². The highest BCUT2D eigenvalue weighted by Gasteiger charge is 2.44. The predicted octanol–water partition coefficient (Wildman–Crippen LogP) is 4.26. The molecule has 1 aliphatic heterocycles. The average Bonchev–Trinajstić information content (AvgIpc) is 3.02. The van der Waals surface area contributed by atoms with Gasteiger partial charge in [0.15, 0.2) is 0 Å². The molecular weight excluding hydrogens is 367 g/mol. The lowest BCUT2D eigenvalue weighted by Crippen LogP contribution is -2.55. The number of rotatable bonds is 5. The summed E-state index contributed by atoms with van der Waals surface area (Å²) in [6, 6.07) is 14.4. The van der Waals surface area contributed by atoms with Gasteiger partial charge in [-0.25, -0.2) is 0 Å². The van der Waals surface area contributed by atoms with Crippen LogP contribution in [0.1, 0.15) is 23.1 Å². The number of halogens is 2. The van der Waals surface area contributed by atoms with Crippen LogP contribution < -0.4 is 5.32 Å². The third-order valence-electron chi connectivity index (χ3n) is 5.58. The van der Waals surface area contributed by atoms with Crippen LogP contribution in [0, 0.1) is 0 Å². The van der Waals surface area contributed by atoms with Gasteiger partial charge in [-0.1, -0.05) is 47.5 Å². The summed E-state index contributed by atoms with van der Waals surface area (Å²) in [6.45, 7) is 5.40. The number of piperazine rings is 1. The van der Waals surface area contributed by atoms with Crippen LogP contribution in [0.5, 0.6) is 0 Å². The van der Waals surface area contributed by atoms with E-state index in [1.54, 1.807) is 6.07 Å². The maximum atomic E-state index is 6.25. The van der Waals surface area contributed by atoms with Gasteiger partial charge < -0.3 is 10.1 Å². The van der Waals surface area contributed by atoms with Crippen LogP contribution in [0.4, 0.5) is 0 Å². The van der Waals surface area contributed by atoms with Gasteiger partial charge in [0, 0.05) is 36.2 Å². The van der Waals surface area contributed by atoms with E-state index in [1.807, 2.05) is 12.1 Å². The third kappa shape index (κ3) is 3.64. The largest absolute Gasteiger partial charge is 0.374 e. The first kappa shape index (κ1) is 18.3. The summed E-state index contributed by atoms with van der Waals surface area (Å²) < 4.78 is 6.25. The molecule has 5 heteroatoms. The second-order valence-corrected chi connectivity index (χ2v) is 8.07. The van der Waals surface area contributed by atoms with Crippen LogP contribution in [-0.4, -0.2) is 37.7 Å². The van der Waals surface area contributed by atoms with E-state index < -0.39 is 0 Å². The van der Waals surface area contributed by atoms with Crippen LogP contribution in [0.25, 0.3) is 0 Å². The van der Waals surface area contributed by atoms with E-state index in [0.717, 1.165) is 44.6 Å². The Hall–Kier alpha value is -1.10. The molecule has 1 N–H and O–H groups in total. The lowest BCUT2D eigenvalue weighted by molar-refractivity contribution is -0.0240. The topological polar surface area (TPSA) is 24.5 Å². The van der Waals surface area contributed by atoms with Crippen molar-refractivity contribution in [2.75, 3.05) is 32.8 Å². The summed E-state index contributed by atoms with van der Waals surface area (Å²) in [5.74, 6) is 0. The molecule has 2 aliphatic rings. The minimum absolute atomic E-state index is 0.0267. The smallest absolute Gasteiger partial charge is 0.0719 e. The minimum atomic E-state index is -0.0267. The van der Waals surface area contributed by atoms with E-state index in [0.29, 0.717) is 23.3 Å². The fraction of sp³-hybridized carbons (Fsp3) is 0.429. The fourth-order valence-corrected chi connectivity index (χ4v) is 4.93. The zero-order chi connectivity index (χ0) is 18.0. The van der Waals surface area contributed by atoms with E-state index in [4.69, 9.17) is 27.9 Å². The van der Waals surface area contributed by atoms with Crippen molar-refractivity contribution in [1.82, 2.24) is 10.2 Å². The molecule has 1 saturated heterocycles. The Balaban J connectivity index is 1.54. The summed E-state index contributed by atoms with van der Waals surface area (Å²) in [7, 11) is 0. The summed E-state index contributed by atoms with van der Waals surface area (Å²) >= 11 is 12.2. The lowest BCUT2D eigenvalue weighted by Gasteiger charge is -2.44. The van der Waals surface area contributed by atoms with Gasteiger partial charge in [-0.15, -0.1) is 0 Å². The molecule has 4 rings (SSSR count). The Morgan fingerprint density at radius 1 is 1.04 bits per heavy atom. The van der Waals surface area contributed by atoms with Gasteiger partial charge in [-0.05, 0) is 47.7 Å². The first-order chi connectivity index (χ1) is 12.7. The molecule has 1 atom stereocenters. The highest BCUT2D eigenvalue weighted by atomic mass is 35.5. The van der Waals surface area contributed by atoms with Crippen molar-refractivity contribution < 1.29 is 4.74 Å². The van der Waals surface area contributed by atoms with Gasteiger partial charge in [-0.3, -0.25) is 4.90 Å². The van der Waals surface area contributed by atoms with Crippen LogP contribution in [0.2, 0.25) is 10.0 Å². The molecule has 1 heterocycles. The molecule has 26 heavy (non-hydrogen) atoms. The SMILES string of the molecule is Clc1cc(Cl)cc(COC[C@]2(N3CCNCC3)CCc3ccccc32)c1. The van der Waals surface area contributed by atoms with Gasteiger partial charge in [-0.2, -0.15) is 0 Å². The molecule has 0 spiro atoms. The molecule has 1 aliphatic carbocycles. The monoisotopic (exact) mass is 390 g/mol. The number of hydrogen-bond acceptors (Lipinski definition) is 3. The average molecular weight is 391 g/mol. The molecule has 1 fully saturated rings. The first-order valence-electron chi connectivity index (χ1n) is 9.24. The van der Waals surface area contributed by atoms with Crippen molar-refractivity contribution in [2.45, 2.75) is 25.0 Å². The number of nitrogens with one attached hydrogen (secondary N) is 1. The maximum Gasteiger partial charge on any atom is 0.0719 e. The van der Waals surface area contributed by atoms with Crippen LogP contribution in [0.15, 0.2) is 42.5 Å². The number of fused-ring (bicyclic) bond motifs is 1. The molecule has 138 valence electrons. The Bertz CT molecular complexity index is 756. The number of ether oxygens (including phenoxy) is 1. The normalized spacial score (nSPS) is 23.2. The first-order valence-corrected chi connectivity index (χ1v) is 10.00. The predicted molar refractivity (Wildman–Crippen MR) is 107 cm³/mol. The van der Waals surface area contributed by atoms with Gasteiger partial charge in [0.1, 0.15) is 0 Å². The van der Waals surface area contributed by atoms with Crippen molar-refractivity contribution in [2.24, 2.45) is 0 Å². The van der Waals surface area contributed by atoms with E-state index in [1.165, 1.54) is 11.1 Å². The Morgan fingerprint density at radius 3 is 2.54 bits per heavy atom. The Kier molecular flexibility index (Phi) is 5.53. The van der Waals surface area contributed by atoms with Gasteiger partial charge in [0.05, 0.1) is 18.8 Å². The van der Waals surface area contributed by atoms with Crippen molar-refractivity contribution >= 4 is 23.2 Å². The molecule has 2 aromatic carbocycles. The quantitative estimate of drug-likeness (QED) is 0.825. The van der Waals surface area contributed by atoms with Crippen LogP contribution >= 0.6 is 23.2 Å². The van der Waals surface area contributed by atoms with Crippen molar-refractivity contribution in [1.29, 1.82) is 0 Å². The standard InChI is InChI=1S/C21H24Cl2N2O/c22-18-11-16(12-19(23)13-18)14-26-15-21(25-9-7-24-8-10-25)6-5-17-3-1-2-4-20(17)21/h1-4,11-13,24H,5-10,14-15H2/t21-/m1/s1. The van der Waals surface area contributed by atoms with E-state index in [9.17, 15) is 0 Å². The highest BCUT2D eigenvalue weighted by Crippen LogP contribution is 2.42. The molecule has 0 aromatic heterocycles. The molecule has 2 aromatic rings. The van der Waals surface area contributed by atoms with E-state index in [2.05, 4.69) is 34.5 Å².